The zero-order valence-electron chi connectivity index (χ0n) is 13.1. The third kappa shape index (κ3) is 3.48. The molecule has 3 heterocycles. The molecule has 0 spiro atoms. The van der Waals surface area contributed by atoms with E-state index in [0.717, 1.165) is 45.4 Å². The average molecular weight is 330 g/mol. The van der Waals surface area contributed by atoms with Crippen molar-refractivity contribution in [2.24, 2.45) is 5.92 Å². The minimum atomic E-state index is 0.233. The van der Waals surface area contributed by atoms with Gasteiger partial charge in [-0.25, -0.2) is 0 Å². The number of rotatable bonds is 6. The fourth-order valence-corrected chi connectivity index (χ4v) is 4.02. The van der Waals surface area contributed by atoms with Gasteiger partial charge in [-0.15, -0.1) is 11.3 Å². The molecule has 6 heteroatoms. The molecule has 23 heavy (non-hydrogen) atoms. The van der Waals surface area contributed by atoms with Gasteiger partial charge in [-0.3, -0.25) is 14.4 Å². The van der Waals surface area contributed by atoms with Crippen LogP contribution in [0.3, 0.4) is 0 Å². The number of nitrogens with zero attached hydrogens (tertiary/aromatic N) is 3. The third-order valence-electron chi connectivity index (χ3n) is 4.64. The summed E-state index contributed by atoms with van der Waals surface area (Å²) in [6, 6.07) is 6.75. The summed E-state index contributed by atoms with van der Waals surface area (Å²) in [5, 5.41) is 9.71. The molecule has 0 aromatic carbocycles. The molecule has 1 amide bonds. The Kier molecular flexibility index (Phi) is 4.18. The van der Waals surface area contributed by atoms with E-state index in [2.05, 4.69) is 43.6 Å². The maximum atomic E-state index is 11.8. The van der Waals surface area contributed by atoms with Crippen LogP contribution < -0.4 is 5.32 Å². The summed E-state index contributed by atoms with van der Waals surface area (Å²) in [7, 11) is 0. The molecular formula is C17H22N4OS. The van der Waals surface area contributed by atoms with Gasteiger partial charge in [-0.2, -0.15) is 5.10 Å². The quantitative estimate of drug-likeness (QED) is 0.885. The summed E-state index contributed by atoms with van der Waals surface area (Å²) in [6.45, 7) is 3.68. The largest absolute Gasteiger partial charge is 0.356 e. The predicted octanol–water partition coefficient (Wildman–Crippen LogP) is 2.42. The number of fused-ring (bicyclic) bond motifs is 1. The molecule has 1 fully saturated rings. The third-order valence-corrected chi connectivity index (χ3v) is 5.50. The predicted molar refractivity (Wildman–Crippen MR) is 90.0 cm³/mol. The number of hydrogen-bond acceptors (Lipinski definition) is 4. The van der Waals surface area contributed by atoms with E-state index in [-0.39, 0.29) is 11.8 Å². The first-order valence-corrected chi connectivity index (χ1v) is 9.22. The number of nitrogens with one attached hydrogen (secondary N) is 1. The number of hydrogen-bond donors (Lipinski definition) is 1. The number of carbonyl (C=O) groups is 1. The highest BCUT2D eigenvalue weighted by atomic mass is 32.1. The Morgan fingerprint density at radius 3 is 3.09 bits per heavy atom. The van der Waals surface area contributed by atoms with Gasteiger partial charge in [0.15, 0.2) is 0 Å². The second-order valence-corrected chi connectivity index (χ2v) is 7.56. The monoisotopic (exact) mass is 330 g/mol. The van der Waals surface area contributed by atoms with Crippen molar-refractivity contribution in [1.29, 1.82) is 0 Å². The molecule has 0 saturated heterocycles. The van der Waals surface area contributed by atoms with Crippen LogP contribution in [-0.2, 0) is 17.9 Å². The first-order chi connectivity index (χ1) is 11.3. The lowest BCUT2D eigenvalue weighted by molar-refractivity contribution is -0.122. The van der Waals surface area contributed by atoms with Crippen LogP contribution in [0.5, 0.6) is 0 Å². The van der Waals surface area contributed by atoms with Crippen molar-refractivity contribution in [1.82, 2.24) is 20.0 Å². The second-order valence-electron chi connectivity index (χ2n) is 6.52. The SMILES string of the molecule is O=C(NCC[C@@H]1CN(Cc2cccs2)Cc2ccnn21)C1CC1. The summed E-state index contributed by atoms with van der Waals surface area (Å²) in [6.07, 6.45) is 4.95. The molecule has 4 rings (SSSR count). The maximum Gasteiger partial charge on any atom is 0.223 e. The number of aromatic nitrogens is 2. The number of carbonyl (C=O) groups excluding carboxylic acids is 1. The topological polar surface area (TPSA) is 50.2 Å². The van der Waals surface area contributed by atoms with Gasteiger partial charge in [0.05, 0.1) is 11.7 Å². The van der Waals surface area contributed by atoms with Crippen molar-refractivity contribution in [2.45, 2.75) is 38.4 Å². The van der Waals surface area contributed by atoms with E-state index < -0.39 is 0 Å². The van der Waals surface area contributed by atoms with E-state index in [1.807, 2.05) is 17.5 Å². The zero-order valence-corrected chi connectivity index (χ0v) is 14.0. The Balaban J connectivity index is 1.37. The van der Waals surface area contributed by atoms with E-state index in [1.54, 1.807) is 0 Å². The minimum absolute atomic E-state index is 0.233. The lowest BCUT2D eigenvalue weighted by Gasteiger charge is -2.33. The summed E-state index contributed by atoms with van der Waals surface area (Å²) in [4.78, 5) is 15.7. The van der Waals surface area contributed by atoms with Gasteiger partial charge in [0, 0.05) is 43.2 Å². The van der Waals surface area contributed by atoms with Gasteiger partial charge in [0.25, 0.3) is 0 Å². The van der Waals surface area contributed by atoms with Crippen molar-refractivity contribution < 1.29 is 4.79 Å². The molecule has 122 valence electrons. The molecule has 0 radical (unpaired) electrons. The molecule has 0 unspecified atom stereocenters. The second kappa shape index (κ2) is 6.45. The molecule has 1 aliphatic carbocycles. The van der Waals surface area contributed by atoms with E-state index in [1.165, 1.54) is 10.6 Å². The van der Waals surface area contributed by atoms with Crippen LogP contribution in [0.15, 0.2) is 29.8 Å². The molecule has 2 aromatic rings. The fourth-order valence-electron chi connectivity index (χ4n) is 3.27. The normalized spacial score (nSPS) is 21.1. The lowest BCUT2D eigenvalue weighted by Crippen LogP contribution is -2.39. The first kappa shape index (κ1) is 14.9. The van der Waals surface area contributed by atoms with Gasteiger partial charge >= 0.3 is 0 Å². The van der Waals surface area contributed by atoms with Crippen LogP contribution >= 0.6 is 11.3 Å². The van der Waals surface area contributed by atoms with Crippen LogP contribution in [0.4, 0.5) is 0 Å². The van der Waals surface area contributed by atoms with E-state index >= 15 is 0 Å². The van der Waals surface area contributed by atoms with E-state index in [0.29, 0.717) is 6.04 Å². The van der Waals surface area contributed by atoms with Crippen LogP contribution in [0.2, 0.25) is 0 Å². The van der Waals surface area contributed by atoms with Crippen molar-refractivity contribution >= 4 is 17.2 Å². The van der Waals surface area contributed by atoms with Gasteiger partial charge in [0.2, 0.25) is 5.91 Å². The van der Waals surface area contributed by atoms with Crippen LogP contribution in [0, 0.1) is 5.92 Å². The molecule has 1 aliphatic heterocycles. The molecule has 0 bridgehead atoms. The minimum Gasteiger partial charge on any atom is -0.356 e. The molecule has 1 atom stereocenters. The number of thiophene rings is 1. The van der Waals surface area contributed by atoms with Crippen molar-refractivity contribution in [2.75, 3.05) is 13.1 Å². The Morgan fingerprint density at radius 1 is 1.39 bits per heavy atom. The highest BCUT2D eigenvalue weighted by Crippen LogP contribution is 2.29. The smallest absolute Gasteiger partial charge is 0.223 e. The standard InChI is InChI=1S/C17H22N4OS/c22-17(13-3-4-13)18-7-5-14-10-20(12-16-2-1-9-23-16)11-15-6-8-19-21(14)15/h1-2,6,8-9,13-14H,3-5,7,10-12H2,(H,18,22)/t14-/m1/s1. The zero-order chi connectivity index (χ0) is 15.6. The molecule has 1 N–H and O–H groups in total. The van der Waals surface area contributed by atoms with Crippen LogP contribution in [0.1, 0.15) is 35.9 Å². The average Bonchev–Trinajstić information content (AvgIpc) is 3.07. The molecular weight excluding hydrogens is 308 g/mol. The van der Waals surface area contributed by atoms with Gasteiger partial charge in [-0.1, -0.05) is 6.07 Å². The van der Waals surface area contributed by atoms with Gasteiger partial charge < -0.3 is 5.32 Å². The summed E-state index contributed by atoms with van der Waals surface area (Å²) in [5.41, 5.74) is 1.27. The van der Waals surface area contributed by atoms with E-state index in [4.69, 9.17) is 0 Å². The fraction of sp³-hybridized carbons (Fsp3) is 0.529. The Labute approximate surface area is 140 Å². The summed E-state index contributed by atoms with van der Waals surface area (Å²) in [5.74, 6) is 0.522. The van der Waals surface area contributed by atoms with Crippen LogP contribution in [-0.4, -0.2) is 33.7 Å². The van der Waals surface area contributed by atoms with E-state index in [9.17, 15) is 4.79 Å². The summed E-state index contributed by atoms with van der Waals surface area (Å²) >= 11 is 1.81. The highest BCUT2D eigenvalue weighted by molar-refractivity contribution is 7.09. The highest BCUT2D eigenvalue weighted by Gasteiger charge is 2.30. The lowest BCUT2D eigenvalue weighted by atomic mass is 10.1. The molecule has 2 aliphatic rings. The van der Waals surface area contributed by atoms with Crippen molar-refractivity contribution in [3.63, 3.8) is 0 Å². The number of amides is 1. The van der Waals surface area contributed by atoms with Crippen LogP contribution in [0.25, 0.3) is 0 Å². The first-order valence-electron chi connectivity index (χ1n) is 8.34. The summed E-state index contributed by atoms with van der Waals surface area (Å²) < 4.78 is 2.15. The Bertz CT molecular complexity index is 662. The Hall–Kier alpha value is -1.66. The van der Waals surface area contributed by atoms with Crippen molar-refractivity contribution in [3.05, 3.63) is 40.3 Å². The Morgan fingerprint density at radius 2 is 2.30 bits per heavy atom. The maximum absolute atomic E-state index is 11.8. The van der Waals surface area contributed by atoms with Crippen molar-refractivity contribution in [3.8, 4) is 0 Å². The van der Waals surface area contributed by atoms with Gasteiger partial charge in [0.1, 0.15) is 0 Å². The molecule has 1 saturated carbocycles. The molecule has 5 nitrogen and oxygen atoms in total. The van der Waals surface area contributed by atoms with Gasteiger partial charge in [-0.05, 0) is 36.8 Å². The molecule has 2 aromatic heterocycles.